The van der Waals surface area contributed by atoms with E-state index in [1.165, 1.54) is 23.5 Å². The first-order valence-corrected chi connectivity index (χ1v) is 6.19. The van der Waals surface area contributed by atoms with Crippen molar-refractivity contribution in [1.82, 2.24) is 4.98 Å². The average molecular weight is 267 g/mol. The number of rotatable bonds is 4. The van der Waals surface area contributed by atoms with Gasteiger partial charge in [-0.1, -0.05) is 0 Å². The fourth-order valence-electron chi connectivity index (χ4n) is 1.57. The van der Waals surface area contributed by atoms with Gasteiger partial charge in [0, 0.05) is 30.7 Å². The van der Waals surface area contributed by atoms with Crippen LogP contribution in [0.1, 0.15) is 4.88 Å². The van der Waals surface area contributed by atoms with Crippen molar-refractivity contribution in [1.29, 1.82) is 0 Å². The van der Waals surface area contributed by atoms with E-state index in [1.54, 1.807) is 24.3 Å². The first kappa shape index (κ1) is 12.8. The van der Waals surface area contributed by atoms with Gasteiger partial charge in [0.1, 0.15) is 11.6 Å². The van der Waals surface area contributed by atoms with Gasteiger partial charge in [-0.2, -0.15) is 0 Å². The maximum Gasteiger partial charge on any atom is 0.189 e. The summed E-state index contributed by atoms with van der Waals surface area (Å²) in [7, 11) is 3.37. The molecule has 0 spiro atoms. The highest BCUT2D eigenvalue weighted by atomic mass is 32.1. The van der Waals surface area contributed by atoms with Crippen molar-refractivity contribution in [2.75, 3.05) is 19.1 Å². The molecule has 0 saturated carbocycles. The first-order chi connectivity index (χ1) is 8.65. The van der Waals surface area contributed by atoms with Gasteiger partial charge >= 0.3 is 0 Å². The van der Waals surface area contributed by atoms with Crippen molar-refractivity contribution in [2.24, 2.45) is 5.73 Å². The van der Waals surface area contributed by atoms with Gasteiger partial charge in [0.2, 0.25) is 0 Å². The second-order valence-corrected chi connectivity index (χ2v) is 4.78. The number of hydrogen-bond donors (Lipinski definition) is 1. The average Bonchev–Trinajstić information content (AvgIpc) is 2.86. The van der Waals surface area contributed by atoms with Crippen LogP contribution in [0.5, 0.6) is 5.75 Å². The Balaban J connectivity index is 2.38. The van der Waals surface area contributed by atoms with Crippen LogP contribution in [0.2, 0.25) is 0 Å². The Bertz CT molecular complexity index is 544. The quantitative estimate of drug-likeness (QED) is 0.924. The third-order valence-electron chi connectivity index (χ3n) is 2.53. The molecule has 1 aromatic heterocycles. The Morgan fingerprint density at radius 3 is 2.89 bits per heavy atom. The van der Waals surface area contributed by atoms with Crippen LogP contribution >= 0.6 is 11.3 Å². The molecule has 0 unspecified atom stereocenters. The van der Waals surface area contributed by atoms with Gasteiger partial charge in [-0.3, -0.25) is 0 Å². The number of methoxy groups -OCH3 is 1. The van der Waals surface area contributed by atoms with Gasteiger partial charge in [0.25, 0.3) is 0 Å². The number of anilines is 2. The summed E-state index contributed by atoms with van der Waals surface area (Å²) < 4.78 is 18.5. The molecule has 0 aliphatic carbocycles. The molecule has 4 nitrogen and oxygen atoms in total. The summed E-state index contributed by atoms with van der Waals surface area (Å²) >= 11 is 1.47. The molecule has 2 N–H and O–H groups in total. The van der Waals surface area contributed by atoms with Crippen LogP contribution in [0.25, 0.3) is 0 Å². The molecule has 0 aliphatic heterocycles. The van der Waals surface area contributed by atoms with Crippen molar-refractivity contribution in [3.8, 4) is 5.75 Å². The molecule has 1 heterocycles. The molecular formula is C12H14FN3OS. The Kier molecular flexibility index (Phi) is 3.78. The van der Waals surface area contributed by atoms with Gasteiger partial charge in [-0.15, -0.1) is 11.3 Å². The van der Waals surface area contributed by atoms with E-state index in [2.05, 4.69) is 4.98 Å². The lowest BCUT2D eigenvalue weighted by Crippen LogP contribution is -2.10. The molecule has 0 fully saturated rings. The summed E-state index contributed by atoms with van der Waals surface area (Å²) in [5, 5.41) is 0.749. The number of nitrogens with two attached hydrogens (primary N) is 1. The molecule has 1 aromatic carbocycles. The molecule has 0 saturated heterocycles. The van der Waals surface area contributed by atoms with Gasteiger partial charge < -0.3 is 15.4 Å². The number of ether oxygens (including phenoxy) is 1. The predicted octanol–water partition coefficient (Wildman–Crippen LogP) is 2.52. The van der Waals surface area contributed by atoms with E-state index in [-0.39, 0.29) is 5.82 Å². The van der Waals surface area contributed by atoms with Crippen molar-refractivity contribution in [2.45, 2.75) is 6.54 Å². The van der Waals surface area contributed by atoms with Gasteiger partial charge in [-0.25, -0.2) is 9.37 Å². The number of aromatic nitrogens is 1. The van der Waals surface area contributed by atoms with Crippen LogP contribution < -0.4 is 15.4 Å². The Hall–Kier alpha value is -1.66. The molecule has 18 heavy (non-hydrogen) atoms. The molecule has 2 rings (SSSR count). The Labute approximate surface area is 109 Å². The Morgan fingerprint density at radius 2 is 2.28 bits per heavy atom. The van der Waals surface area contributed by atoms with E-state index in [9.17, 15) is 4.39 Å². The largest absolute Gasteiger partial charge is 0.495 e. The van der Waals surface area contributed by atoms with Crippen molar-refractivity contribution < 1.29 is 9.13 Å². The fourth-order valence-corrected chi connectivity index (χ4v) is 2.34. The molecule has 2 aromatic rings. The fraction of sp³-hybridized carbons (Fsp3) is 0.250. The normalized spacial score (nSPS) is 10.4. The number of hydrogen-bond acceptors (Lipinski definition) is 5. The van der Waals surface area contributed by atoms with Crippen molar-refractivity contribution in [3.63, 3.8) is 0 Å². The molecule has 6 heteroatoms. The lowest BCUT2D eigenvalue weighted by Gasteiger charge is -2.18. The number of benzene rings is 1. The number of nitrogens with zero attached hydrogens (tertiary/aromatic N) is 2. The van der Waals surface area contributed by atoms with Gasteiger partial charge in [-0.05, 0) is 12.1 Å². The SMILES string of the molecule is COc1ccc(F)cc1N(C)c1ncc(CN)s1. The third-order valence-corrected chi connectivity index (χ3v) is 3.63. The minimum atomic E-state index is -0.312. The molecule has 0 aliphatic rings. The highest BCUT2D eigenvalue weighted by Crippen LogP contribution is 2.34. The predicted molar refractivity (Wildman–Crippen MR) is 71.0 cm³/mol. The molecule has 96 valence electrons. The summed E-state index contributed by atoms with van der Waals surface area (Å²) in [6.45, 7) is 0.450. The zero-order valence-electron chi connectivity index (χ0n) is 10.2. The van der Waals surface area contributed by atoms with E-state index >= 15 is 0 Å². The summed E-state index contributed by atoms with van der Waals surface area (Å²) in [5.74, 6) is 0.289. The molecule has 0 bridgehead atoms. The number of thiazole rings is 1. The van der Waals surface area contributed by atoms with E-state index in [0.29, 0.717) is 18.0 Å². The minimum Gasteiger partial charge on any atom is -0.495 e. The zero-order chi connectivity index (χ0) is 13.1. The van der Waals surface area contributed by atoms with E-state index in [1.807, 2.05) is 7.05 Å². The van der Waals surface area contributed by atoms with Crippen LogP contribution in [0.4, 0.5) is 15.2 Å². The van der Waals surface area contributed by atoms with Gasteiger partial charge in [0.05, 0.1) is 12.8 Å². The molecule has 0 amide bonds. The van der Waals surface area contributed by atoms with Crippen LogP contribution in [-0.2, 0) is 6.54 Å². The van der Waals surface area contributed by atoms with Crippen LogP contribution in [-0.4, -0.2) is 19.1 Å². The van der Waals surface area contributed by atoms with Crippen molar-refractivity contribution in [3.05, 3.63) is 35.1 Å². The van der Waals surface area contributed by atoms with Crippen LogP contribution in [0.15, 0.2) is 24.4 Å². The van der Waals surface area contributed by atoms with Crippen LogP contribution in [0.3, 0.4) is 0 Å². The van der Waals surface area contributed by atoms with Crippen LogP contribution in [0, 0.1) is 5.82 Å². The second kappa shape index (κ2) is 5.32. The lowest BCUT2D eigenvalue weighted by molar-refractivity contribution is 0.414. The monoisotopic (exact) mass is 267 g/mol. The molecular weight excluding hydrogens is 253 g/mol. The summed E-state index contributed by atoms with van der Waals surface area (Å²) in [6.07, 6.45) is 1.72. The first-order valence-electron chi connectivity index (χ1n) is 5.37. The van der Waals surface area contributed by atoms with E-state index < -0.39 is 0 Å². The Morgan fingerprint density at radius 1 is 1.50 bits per heavy atom. The lowest BCUT2D eigenvalue weighted by atomic mass is 10.2. The maximum atomic E-state index is 13.3. The molecule has 0 atom stereocenters. The summed E-state index contributed by atoms with van der Waals surface area (Å²) in [5.41, 5.74) is 6.18. The smallest absolute Gasteiger partial charge is 0.189 e. The third kappa shape index (κ3) is 2.44. The maximum absolute atomic E-state index is 13.3. The van der Waals surface area contributed by atoms with Gasteiger partial charge in [0.15, 0.2) is 5.13 Å². The highest BCUT2D eigenvalue weighted by Gasteiger charge is 2.14. The highest BCUT2D eigenvalue weighted by molar-refractivity contribution is 7.15. The second-order valence-electron chi connectivity index (χ2n) is 3.69. The zero-order valence-corrected chi connectivity index (χ0v) is 11.0. The van der Waals surface area contributed by atoms with Crippen molar-refractivity contribution >= 4 is 22.2 Å². The topological polar surface area (TPSA) is 51.4 Å². The summed E-state index contributed by atoms with van der Waals surface area (Å²) in [4.78, 5) is 7.02. The standard InChI is InChI=1S/C12H14FN3OS/c1-16(12-15-7-9(6-14)18-12)10-5-8(13)3-4-11(10)17-2/h3-5,7H,6,14H2,1-2H3. The summed E-state index contributed by atoms with van der Waals surface area (Å²) in [6, 6.07) is 4.38. The molecule has 0 radical (unpaired) electrons. The minimum absolute atomic E-state index is 0.312. The van der Waals surface area contributed by atoms with E-state index in [4.69, 9.17) is 10.5 Å². The van der Waals surface area contributed by atoms with E-state index in [0.717, 1.165) is 10.0 Å². The number of halogens is 1.